The maximum Gasteiger partial charge on any atom is 0.299 e. The molecule has 3 rings (SSSR count). The van der Waals surface area contributed by atoms with Gasteiger partial charge < -0.3 is 20.9 Å². The number of anilines is 1. The molecule has 1 heterocycles. The number of phenols is 1. The van der Waals surface area contributed by atoms with Crippen molar-refractivity contribution in [3.8, 4) is 11.6 Å². The Kier molecular flexibility index (Phi) is 3.90. The van der Waals surface area contributed by atoms with E-state index >= 15 is 0 Å². The number of aromatic hydroxyl groups is 2. The molecule has 0 radical (unpaired) electrons. The number of aromatic amines is 1. The van der Waals surface area contributed by atoms with Crippen molar-refractivity contribution in [2.24, 2.45) is 10.2 Å². The Bertz CT molecular complexity index is 949. The number of nitrogen functional groups attached to an aromatic ring is 1. The molecule has 3 aromatic rings. The molecule has 5 N–H and O–H groups in total. The van der Waals surface area contributed by atoms with Gasteiger partial charge in [-0.25, -0.2) is 0 Å². The Hall–Kier alpha value is -2.62. The van der Waals surface area contributed by atoms with Crippen LogP contribution in [0.5, 0.6) is 11.6 Å². The molecule has 0 aliphatic carbocycles. The number of benzene rings is 2. The molecule has 0 fully saturated rings. The van der Waals surface area contributed by atoms with Crippen LogP contribution in [0.1, 0.15) is 10.4 Å². The summed E-state index contributed by atoms with van der Waals surface area (Å²) in [5.74, 6) is -1.19. The van der Waals surface area contributed by atoms with Gasteiger partial charge in [0.15, 0.2) is 5.69 Å². The van der Waals surface area contributed by atoms with Gasteiger partial charge in [-0.2, -0.15) is 0 Å². The number of H-pyrrole nitrogens is 1. The minimum atomic E-state index is -0.734. The summed E-state index contributed by atoms with van der Waals surface area (Å²) in [5, 5.41) is 27.7. The monoisotopic (exact) mass is 422 g/mol. The highest BCUT2D eigenvalue weighted by Gasteiger charge is 2.14. The van der Waals surface area contributed by atoms with Gasteiger partial charge in [-0.1, -0.05) is 0 Å². The van der Waals surface area contributed by atoms with Crippen molar-refractivity contribution in [1.82, 2.24) is 4.98 Å². The third-order valence-electron chi connectivity index (χ3n) is 3.21. The Balaban J connectivity index is 1.98. The first kappa shape index (κ1) is 15.3. The second-order valence-electron chi connectivity index (χ2n) is 4.79. The lowest BCUT2D eigenvalue weighted by Crippen LogP contribution is -1.95. The fourth-order valence-corrected chi connectivity index (χ4v) is 2.61. The molecular formula is C15H11IN4O3. The number of hydrogen-bond donors (Lipinski definition) is 4. The average molecular weight is 422 g/mol. The second-order valence-corrected chi connectivity index (χ2v) is 6.04. The number of nitrogens with two attached hydrogens (primary N) is 1. The second kappa shape index (κ2) is 5.88. The minimum Gasteiger partial charge on any atom is -0.507 e. The highest BCUT2D eigenvalue weighted by molar-refractivity contribution is 14.1. The molecular weight excluding hydrogens is 411 g/mol. The highest BCUT2D eigenvalue weighted by atomic mass is 127. The van der Waals surface area contributed by atoms with Crippen molar-refractivity contribution in [1.29, 1.82) is 0 Å². The number of fused-ring (bicyclic) bond motifs is 1. The normalized spacial score (nSPS) is 11.3. The van der Waals surface area contributed by atoms with Crippen LogP contribution in [0.4, 0.5) is 11.4 Å². The largest absolute Gasteiger partial charge is 0.507 e. The standard InChI is InChI=1S/C15H11IN4O3/c16-7-1-4-11-10(5-7)13(15(23)18-11)19-20-14(22)9-3-2-8(17)6-12(9)21/h1-6,18,21,23H,17H2. The Morgan fingerprint density at radius 2 is 1.96 bits per heavy atom. The molecule has 0 spiro atoms. The van der Waals surface area contributed by atoms with E-state index in [1.54, 1.807) is 6.07 Å². The van der Waals surface area contributed by atoms with Crippen molar-refractivity contribution in [2.45, 2.75) is 0 Å². The van der Waals surface area contributed by atoms with Gasteiger partial charge in [-0.05, 0) is 52.9 Å². The minimum absolute atomic E-state index is 0.0168. The van der Waals surface area contributed by atoms with Crippen LogP contribution < -0.4 is 5.73 Å². The van der Waals surface area contributed by atoms with Crippen LogP contribution in [-0.4, -0.2) is 21.1 Å². The van der Waals surface area contributed by atoms with Crippen molar-refractivity contribution in [3.63, 3.8) is 0 Å². The molecule has 0 aliphatic rings. The summed E-state index contributed by atoms with van der Waals surface area (Å²) >= 11 is 2.13. The molecule has 0 bridgehead atoms. The lowest BCUT2D eigenvalue weighted by atomic mass is 10.2. The predicted molar refractivity (Wildman–Crippen MR) is 94.0 cm³/mol. The summed E-state index contributed by atoms with van der Waals surface area (Å²) in [5.41, 5.74) is 6.68. The van der Waals surface area contributed by atoms with E-state index in [0.29, 0.717) is 16.6 Å². The fraction of sp³-hybridized carbons (Fsp3) is 0. The molecule has 116 valence electrons. The summed E-state index contributed by atoms with van der Waals surface area (Å²) in [6.07, 6.45) is 0. The molecule has 2 aromatic carbocycles. The quantitative estimate of drug-likeness (QED) is 0.286. The number of nitrogens with one attached hydrogen (secondary N) is 1. The number of hydrogen-bond acceptors (Lipinski definition) is 5. The topological polar surface area (TPSA) is 124 Å². The zero-order chi connectivity index (χ0) is 16.6. The predicted octanol–water partition coefficient (Wildman–Crippen LogP) is 3.69. The molecule has 0 saturated carbocycles. The van der Waals surface area contributed by atoms with Gasteiger partial charge in [0.25, 0.3) is 5.91 Å². The van der Waals surface area contributed by atoms with Gasteiger partial charge >= 0.3 is 0 Å². The molecule has 1 amide bonds. The lowest BCUT2D eigenvalue weighted by molar-refractivity contribution is 0.0992. The van der Waals surface area contributed by atoms with Gasteiger partial charge in [0.05, 0.1) is 11.1 Å². The van der Waals surface area contributed by atoms with E-state index < -0.39 is 5.91 Å². The lowest BCUT2D eigenvalue weighted by Gasteiger charge is -2.00. The maximum absolute atomic E-state index is 12.0. The number of amides is 1. The van der Waals surface area contributed by atoms with Crippen LogP contribution in [0.2, 0.25) is 0 Å². The molecule has 23 heavy (non-hydrogen) atoms. The Labute approximate surface area is 144 Å². The Morgan fingerprint density at radius 3 is 2.70 bits per heavy atom. The number of azo groups is 1. The molecule has 0 unspecified atom stereocenters. The van der Waals surface area contributed by atoms with E-state index in [-0.39, 0.29) is 22.9 Å². The van der Waals surface area contributed by atoms with Crippen LogP contribution in [0.25, 0.3) is 10.9 Å². The van der Waals surface area contributed by atoms with Gasteiger partial charge in [0.2, 0.25) is 5.88 Å². The van der Waals surface area contributed by atoms with Gasteiger partial charge in [0, 0.05) is 20.7 Å². The first-order valence-corrected chi connectivity index (χ1v) is 7.58. The molecule has 8 heteroatoms. The number of aromatic nitrogens is 1. The first-order chi connectivity index (χ1) is 11.0. The molecule has 1 aromatic heterocycles. The summed E-state index contributed by atoms with van der Waals surface area (Å²) in [7, 11) is 0. The van der Waals surface area contributed by atoms with Crippen molar-refractivity contribution < 1.29 is 15.0 Å². The average Bonchev–Trinajstić information content (AvgIpc) is 2.79. The van der Waals surface area contributed by atoms with Crippen molar-refractivity contribution >= 4 is 50.8 Å². The summed E-state index contributed by atoms with van der Waals surface area (Å²) in [6.45, 7) is 0. The van der Waals surface area contributed by atoms with E-state index in [9.17, 15) is 15.0 Å². The van der Waals surface area contributed by atoms with Crippen LogP contribution >= 0.6 is 22.6 Å². The summed E-state index contributed by atoms with van der Waals surface area (Å²) < 4.78 is 0.952. The van der Waals surface area contributed by atoms with Crippen LogP contribution in [0, 0.1) is 3.57 Å². The highest BCUT2D eigenvalue weighted by Crippen LogP contribution is 2.36. The van der Waals surface area contributed by atoms with E-state index in [2.05, 4.69) is 37.8 Å². The summed E-state index contributed by atoms with van der Waals surface area (Å²) in [4.78, 5) is 14.8. The zero-order valence-corrected chi connectivity index (χ0v) is 13.8. The first-order valence-electron chi connectivity index (χ1n) is 6.50. The zero-order valence-electron chi connectivity index (χ0n) is 11.6. The van der Waals surface area contributed by atoms with E-state index in [1.165, 1.54) is 18.2 Å². The number of carbonyl (C=O) groups is 1. The third-order valence-corrected chi connectivity index (χ3v) is 3.88. The third kappa shape index (κ3) is 2.97. The fourth-order valence-electron chi connectivity index (χ4n) is 2.12. The molecule has 7 nitrogen and oxygen atoms in total. The SMILES string of the molecule is Nc1ccc(C(=O)N=Nc2c(O)[nH]c3ccc(I)cc23)c(O)c1. The number of rotatable bonds is 2. The van der Waals surface area contributed by atoms with Crippen LogP contribution in [-0.2, 0) is 0 Å². The maximum atomic E-state index is 12.0. The number of phenolic OH excluding ortho intramolecular Hbond substituents is 1. The van der Waals surface area contributed by atoms with Crippen molar-refractivity contribution in [3.05, 3.63) is 45.5 Å². The van der Waals surface area contributed by atoms with E-state index in [0.717, 1.165) is 3.57 Å². The molecule has 0 aliphatic heterocycles. The van der Waals surface area contributed by atoms with Crippen LogP contribution in [0.3, 0.4) is 0 Å². The van der Waals surface area contributed by atoms with E-state index in [4.69, 9.17) is 5.73 Å². The Morgan fingerprint density at radius 1 is 1.17 bits per heavy atom. The van der Waals surface area contributed by atoms with E-state index in [1.807, 2.05) is 12.1 Å². The number of halogens is 1. The molecule has 0 saturated heterocycles. The van der Waals surface area contributed by atoms with Gasteiger partial charge in [-0.3, -0.25) is 4.79 Å². The van der Waals surface area contributed by atoms with Crippen molar-refractivity contribution in [2.75, 3.05) is 5.73 Å². The number of carbonyl (C=O) groups excluding carboxylic acids is 1. The van der Waals surface area contributed by atoms with Gasteiger partial charge in [0.1, 0.15) is 5.75 Å². The molecule has 0 atom stereocenters. The summed E-state index contributed by atoms with van der Waals surface area (Å²) in [6, 6.07) is 9.58. The number of nitrogens with zero attached hydrogens (tertiary/aromatic N) is 2. The smallest absolute Gasteiger partial charge is 0.299 e. The van der Waals surface area contributed by atoms with Gasteiger partial charge in [-0.15, -0.1) is 10.2 Å². The van der Waals surface area contributed by atoms with Crippen LogP contribution in [0.15, 0.2) is 46.6 Å².